The molecule has 0 heterocycles. The minimum atomic E-state index is 0.945. The third-order valence-electron chi connectivity index (χ3n) is 1.42. The first-order valence-corrected chi connectivity index (χ1v) is 3.45. The van der Waals surface area contributed by atoms with E-state index in [9.17, 15) is 0 Å². The molecule has 0 aliphatic heterocycles. The number of hydrogen-bond acceptors (Lipinski definition) is 0. The highest BCUT2D eigenvalue weighted by Crippen LogP contribution is 2.11. The van der Waals surface area contributed by atoms with Gasteiger partial charge in [0.05, 0.1) is 0 Å². The highest BCUT2D eigenvalue weighted by atomic mass is 13.9. The summed E-state index contributed by atoms with van der Waals surface area (Å²) in [4.78, 5) is 0. The van der Waals surface area contributed by atoms with Crippen molar-refractivity contribution in [3.05, 3.63) is 60.9 Å². The van der Waals surface area contributed by atoms with Crippen LogP contribution in [0, 0.1) is 0 Å². The quantitative estimate of drug-likeness (QED) is 0.440. The number of hydrogen-bond donors (Lipinski definition) is 0. The molecule has 1 aromatic carbocycles. The molecule has 1 rings (SSSR count). The zero-order valence-corrected chi connectivity index (χ0v) is 6.38. The van der Waals surface area contributed by atoms with E-state index in [1.54, 1.807) is 6.08 Å². The van der Waals surface area contributed by atoms with Crippen LogP contribution in [0.1, 0.15) is 5.56 Å². The number of rotatable bonds is 2. The maximum Gasteiger partial charge on any atom is -0.0133 e. The maximum absolute atomic E-state index is 3.86. The van der Waals surface area contributed by atoms with Crippen molar-refractivity contribution in [2.24, 2.45) is 0 Å². The van der Waals surface area contributed by atoms with Crippen molar-refractivity contribution in [3.8, 4) is 0 Å². The Hall–Kier alpha value is -1.52. The van der Waals surface area contributed by atoms with E-state index >= 15 is 0 Å². The lowest BCUT2D eigenvalue weighted by Gasteiger charge is -1.96. The van der Waals surface area contributed by atoms with Gasteiger partial charge in [-0.1, -0.05) is 43.5 Å². The summed E-state index contributed by atoms with van der Waals surface area (Å²) in [6.45, 7) is 7.34. The van der Waals surface area contributed by atoms with E-state index < -0.39 is 0 Å². The molecule has 0 saturated heterocycles. The summed E-state index contributed by atoms with van der Waals surface area (Å²) in [6.07, 6.45) is 1.77. The van der Waals surface area contributed by atoms with Crippen LogP contribution in [0.5, 0.6) is 0 Å². The van der Waals surface area contributed by atoms with Crippen LogP contribution in [-0.2, 0) is 0 Å². The Balaban J connectivity index is 2.94. The normalized spacial score (nSPS) is 8.36. The van der Waals surface area contributed by atoms with Crippen molar-refractivity contribution in [3.63, 3.8) is 0 Å². The fourth-order valence-electron chi connectivity index (χ4n) is 0.859. The average molecular weight is 142 g/mol. The van der Waals surface area contributed by atoms with E-state index in [-0.39, 0.29) is 0 Å². The fourth-order valence-corrected chi connectivity index (χ4v) is 0.859. The fraction of sp³-hybridized carbons (Fsp3) is 0. The van der Waals surface area contributed by atoms with Gasteiger partial charge < -0.3 is 0 Å². The summed E-state index contributed by atoms with van der Waals surface area (Å²) < 4.78 is 0. The molecule has 0 heteroatoms. The van der Waals surface area contributed by atoms with E-state index in [1.165, 1.54) is 0 Å². The highest BCUT2D eigenvalue weighted by molar-refractivity contribution is 5.71. The summed E-state index contributed by atoms with van der Waals surface area (Å²) in [5, 5.41) is 0. The lowest BCUT2D eigenvalue weighted by Crippen LogP contribution is -1.74. The van der Waals surface area contributed by atoms with Gasteiger partial charge in [-0.05, 0) is 17.2 Å². The molecule has 54 valence electrons. The Kier molecular flexibility index (Phi) is 2.48. The van der Waals surface area contributed by atoms with Gasteiger partial charge >= 0.3 is 0 Å². The largest absolute Gasteiger partial charge is 0.128 e. The summed E-state index contributed by atoms with van der Waals surface area (Å²) in [7, 11) is 0. The van der Waals surface area contributed by atoms with Gasteiger partial charge in [-0.2, -0.15) is 0 Å². The second kappa shape index (κ2) is 3.60. The second-order valence-electron chi connectivity index (χ2n) is 2.24. The molecule has 0 fully saturated rings. The Bertz CT molecular complexity index is 287. The van der Waals surface area contributed by atoms with Gasteiger partial charge in [-0.25, -0.2) is 0 Å². The Morgan fingerprint density at radius 1 is 1.27 bits per heavy atom. The Labute approximate surface area is 67.2 Å². The third-order valence-corrected chi connectivity index (χ3v) is 1.42. The highest BCUT2D eigenvalue weighted by Gasteiger charge is 1.89. The molecule has 0 saturated carbocycles. The van der Waals surface area contributed by atoms with Crippen molar-refractivity contribution >= 4 is 5.57 Å². The zero-order valence-electron chi connectivity index (χ0n) is 6.38. The summed E-state index contributed by atoms with van der Waals surface area (Å²) in [6, 6.07) is 9.97. The number of benzene rings is 1. The molecule has 0 unspecified atom stereocenters. The van der Waals surface area contributed by atoms with Crippen LogP contribution in [0.25, 0.3) is 5.57 Å². The SMILES string of the molecule is C=C=CC(=C)c1ccccc1. The molecule has 0 aliphatic rings. The van der Waals surface area contributed by atoms with Crippen LogP contribution in [0.3, 0.4) is 0 Å². The van der Waals surface area contributed by atoms with Gasteiger partial charge in [0.1, 0.15) is 0 Å². The molecule has 0 N–H and O–H groups in total. The molecular weight excluding hydrogens is 132 g/mol. The van der Waals surface area contributed by atoms with Crippen molar-refractivity contribution < 1.29 is 0 Å². The monoisotopic (exact) mass is 142 g/mol. The first-order valence-electron chi connectivity index (χ1n) is 3.45. The van der Waals surface area contributed by atoms with Crippen LogP contribution in [0.2, 0.25) is 0 Å². The molecule has 0 amide bonds. The minimum absolute atomic E-state index is 0.945. The van der Waals surface area contributed by atoms with Crippen LogP contribution in [0.4, 0.5) is 0 Å². The predicted octanol–water partition coefficient (Wildman–Crippen LogP) is 3.04. The lowest BCUT2D eigenvalue weighted by molar-refractivity contribution is 1.63. The summed E-state index contributed by atoms with van der Waals surface area (Å²) >= 11 is 0. The summed E-state index contributed by atoms with van der Waals surface area (Å²) in [5.74, 6) is 0. The summed E-state index contributed by atoms with van der Waals surface area (Å²) in [5.41, 5.74) is 4.75. The smallest absolute Gasteiger partial charge is 0.0133 e. The van der Waals surface area contributed by atoms with Crippen molar-refractivity contribution in [2.75, 3.05) is 0 Å². The van der Waals surface area contributed by atoms with Crippen molar-refractivity contribution in [1.29, 1.82) is 0 Å². The topological polar surface area (TPSA) is 0 Å². The molecule has 0 aliphatic carbocycles. The molecule has 1 aromatic rings. The van der Waals surface area contributed by atoms with E-state index in [2.05, 4.69) is 18.9 Å². The van der Waals surface area contributed by atoms with Crippen molar-refractivity contribution in [1.82, 2.24) is 0 Å². The second-order valence-corrected chi connectivity index (χ2v) is 2.24. The van der Waals surface area contributed by atoms with E-state index in [0.717, 1.165) is 11.1 Å². The Morgan fingerprint density at radius 2 is 1.91 bits per heavy atom. The van der Waals surface area contributed by atoms with Gasteiger partial charge in [-0.15, -0.1) is 5.73 Å². The van der Waals surface area contributed by atoms with Crippen LogP contribution >= 0.6 is 0 Å². The van der Waals surface area contributed by atoms with Gasteiger partial charge in [0.25, 0.3) is 0 Å². The van der Waals surface area contributed by atoms with Crippen LogP contribution in [-0.4, -0.2) is 0 Å². The zero-order chi connectivity index (χ0) is 8.10. The van der Waals surface area contributed by atoms with Gasteiger partial charge in [0.15, 0.2) is 0 Å². The molecule has 0 nitrogen and oxygen atoms in total. The molecule has 0 spiro atoms. The van der Waals surface area contributed by atoms with Crippen LogP contribution < -0.4 is 0 Å². The lowest BCUT2D eigenvalue weighted by atomic mass is 10.1. The average Bonchev–Trinajstić information content (AvgIpc) is 2.07. The van der Waals surface area contributed by atoms with E-state index in [0.29, 0.717) is 0 Å². The van der Waals surface area contributed by atoms with Crippen molar-refractivity contribution in [2.45, 2.75) is 0 Å². The van der Waals surface area contributed by atoms with E-state index in [1.807, 2.05) is 30.3 Å². The number of allylic oxidation sites excluding steroid dienone is 2. The third kappa shape index (κ3) is 1.96. The molecule has 0 aromatic heterocycles. The Morgan fingerprint density at radius 3 is 2.45 bits per heavy atom. The molecule has 0 bridgehead atoms. The maximum atomic E-state index is 3.86. The van der Waals surface area contributed by atoms with Gasteiger partial charge in [-0.3, -0.25) is 0 Å². The van der Waals surface area contributed by atoms with Crippen LogP contribution in [0.15, 0.2) is 55.3 Å². The van der Waals surface area contributed by atoms with Gasteiger partial charge in [0, 0.05) is 0 Å². The molecule has 11 heavy (non-hydrogen) atoms. The first-order chi connectivity index (χ1) is 5.34. The predicted molar refractivity (Wildman–Crippen MR) is 49.2 cm³/mol. The molecule has 0 atom stereocenters. The first kappa shape index (κ1) is 7.59. The van der Waals surface area contributed by atoms with E-state index in [4.69, 9.17) is 0 Å². The minimum Gasteiger partial charge on any atom is -0.128 e. The molecule has 0 radical (unpaired) electrons. The molecular formula is C11H10. The standard InChI is InChI=1S/C11H10/c1-3-7-10(2)11-8-5-4-6-9-11/h4-9H,1-2H2. The van der Waals surface area contributed by atoms with Gasteiger partial charge in [0.2, 0.25) is 0 Å².